The second-order valence-corrected chi connectivity index (χ2v) is 24.4. The van der Waals surface area contributed by atoms with Crippen molar-refractivity contribution in [2.24, 2.45) is 0 Å². The van der Waals surface area contributed by atoms with E-state index in [-0.39, 0.29) is 0 Å². The number of benzene rings is 14. The molecule has 18 rings (SSSR count). The van der Waals surface area contributed by atoms with Crippen LogP contribution in [0.15, 0.2) is 279 Å². The van der Waals surface area contributed by atoms with E-state index in [0.717, 1.165) is 48.4 Å². The fourth-order valence-corrected chi connectivity index (χ4v) is 15.5. The van der Waals surface area contributed by atoms with Gasteiger partial charge in [-0.2, -0.15) is 0 Å². The van der Waals surface area contributed by atoms with E-state index >= 15 is 0 Å². The summed E-state index contributed by atoms with van der Waals surface area (Å²) in [5.74, 6) is 0. The molecular formula is C84H62N4. The summed E-state index contributed by atoms with van der Waals surface area (Å²) in [4.78, 5) is 5.23. The van der Waals surface area contributed by atoms with Crippen LogP contribution in [0.5, 0.6) is 0 Å². The molecule has 0 amide bonds. The summed E-state index contributed by atoms with van der Waals surface area (Å²) in [7, 11) is 0. The first-order valence-corrected chi connectivity index (χ1v) is 31.6. The van der Waals surface area contributed by atoms with E-state index in [2.05, 4.69) is 298 Å². The minimum absolute atomic E-state index is 1.06. The monoisotopic (exact) mass is 1130 g/mol. The van der Waals surface area contributed by atoms with Crippen molar-refractivity contribution in [3.8, 4) is 33.6 Å². The van der Waals surface area contributed by atoms with E-state index in [0.29, 0.717) is 0 Å². The normalized spacial score (nSPS) is 13.3. The van der Waals surface area contributed by atoms with Gasteiger partial charge < -0.3 is 18.9 Å². The van der Waals surface area contributed by atoms with Gasteiger partial charge in [-0.1, -0.05) is 194 Å². The van der Waals surface area contributed by atoms with Crippen molar-refractivity contribution < 1.29 is 0 Å². The number of rotatable bonds is 10. The number of aromatic nitrogens is 2. The minimum Gasteiger partial charge on any atom is -0.310 e. The van der Waals surface area contributed by atoms with Crippen molar-refractivity contribution >= 4 is 110 Å². The van der Waals surface area contributed by atoms with Crippen molar-refractivity contribution in [3.05, 3.63) is 301 Å². The van der Waals surface area contributed by atoms with Gasteiger partial charge in [0.15, 0.2) is 0 Å². The van der Waals surface area contributed by atoms with Gasteiger partial charge in [-0.3, -0.25) is 0 Å². The maximum Gasteiger partial charge on any atom is 0.0561 e. The standard InChI is InChI=1S/C84H62N4/c1-3-17-55(18-4-1)57-33-41-63(42-34-57)85-77-29-13-11-27-69(77)71-49-45-65(53-81(71)85)87(75-31-15-23-59-21-7-9-25-67(59)75)79-51-39-61-38-48-74-80(52-40-62-37-47-73(79)83(61)84(62)74)88(76-32-16-24-60-22-8-10-26-68(60)76)66-46-50-72-70-28-12-14-30-78(70)86(82(72)54-66)64-43-35-58(36-44-64)56-19-5-2-6-20-56/h1-6,11-20,23-24,27-54H,7-10,21-22,25-26H2. The first-order chi connectivity index (χ1) is 43.7. The molecule has 0 aliphatic heterocycles. The molecule has 0 saturated heterocycles. The fraction of sp³-hybridized carbons (Fsp3) is 0.0952. The fourth-order valence-electron chi connectivity index (χ4n) is 15.5. The average molecular weight is 1130 g/mol. The van der Waals surface area contributed by atoms with E-state index < -0.39 is 0 Å². The Morgan fingerprint density at radius 2 is 0.625 bits per heavy atom. The van der Waals surface area contributed by atoms with Crippen LogP contribution in [0.3, 0.4) is 0 Å². The zero-order valence-electron chi connectivity index (χ0n) is 49.0. The molecule has 0 bridgehead atoms. The molecule has 418 valence electrons. The van der Waals surface area contributed by atoms with Crippen molar-refractivity contribution in [1.82, 2.24) is 9.13 Å². The Bertz CT molecular complexity index is 5040. The number of hydrogen-bond acceptors (Lipinski definition) is 2. The smallest absolute Gasteiger partial charge is 0.0561 e. The Hall–Kier alpha value is -10.7. The van der Waals surface area contributed by atoms with Crippen molar-refractivity contribution in [1.29, 1.82) is 0 Å². The molecule has 0 atom stereocenters. The number of aryl methyl sites for hydroxylation is 2. The second kappa shape index (κ2) is 20.5. The van der Waals surface area contributed by atoms with Crippen LogP contribution < -0.4 is 9.80 Å². The summed E-state index contributed by atoms with van der Waals surface area (Å²) < 4.78 is 4.95. The lowest BCUT2D eigenvalue weighted by atomic mass is 9.88. The summed E-state index contributed by atoms with van der Waals surface area (Å²) in [6, 6.07) is 105. The molecule has 0 fully saturated rings. The van der Waals surface area contributed by atoms with Gasteiger partial charge in [0.05, 0.1) is 33.4 Å². The number of nitrogens with zero attached hydrogens (tertiary/aromatic N) is 4. The van der Waals surface area contributed by atoms with Crippen molar-refractivity contribution in [3.63, 3.8) is 0 Å². The van der Waals surface area contributed by atoms with Crippen LogP contribution in [-0.2, 0) is 25.7 Å². The van der Waals surface area contributed by atoms with Gasteiger partial charge in [0.25, 0.3) is 0 Å². The molecule has 0 N–H and O–H groups in total. The van der Waals surface area contributed by atoms with Crippen LogP contribution in [0.2, 0.25) is 0 Å². The molecule has 2 aromatic heterocycles. The van der Waals surface area contributed by atoms with Crippen molar-refractivity contribution in [2.75, 3.05) is 9.80 Å². The van der Waals surface area contributed by atoms with Gasteiger partial charge in [-0.15, -0.1) is 0 Å². The molecular weight excluding hydrogens is 1060 g/mol. The zero-order valence-corrected chi connectivity index (χ0v) is 49.0. The van der Waals surface area contributed by atoms with Gasteiger partial charge in [0.2, 0.25) is 0 Å². The summed E-state index contributed by atoms with van der Waals surface area (Å²) >= 11 is 0. The van der Waals surface area contributed by atoms with Crippen LogP contribution in [0.4, 0.5) is 34.1 Å². The third-order valence-corrected chi connectivity index (χ3v) is 19.6. The van der Waals surface area contributed by atoms with Crippen LogP contribution in [-0.4, -0.2) is 9.13 Å². The summed E-state index contributed by atoms with van der Waals surface area (Å²) in [6.07, 6.45) is 9.11. The highest BCUT2D eigenvalue weighted by Gasteiger charge is 2.28. The molecule has 14 aromatic carbocycles. The summed E-state index contributed by atoms with van der Waals surface area (Å²) in [5, 5.41) is 12.5. The second-order valence-electron chi connectivity index (χ2n) is 24.4. The predicted octanol–water partition coefficient (Wildman–Crippen LogP) is 22.8. The van der Waals surface area contributed by atoms with Gasteiger partial charge >= 0.3 is 0 Å². The lowest BCUT2D eigenvalue weighted by molar-refractivity contribution is 0.686. The van der Waals surface area contributed by atoms with E-state index in [1.54, 1.807) is 0 Å². The third-order valence-electron chi connectivity index (χ3n) is 19.6. The summed E-state index contributed by atoms with van der Waals surface area (Å²) in [5.41, 5.74) is 25.0. The Kier molecular flexibility index (Phi) is 11.8. The minimum atomic E-state index is 1.06. The predicted molar refractivity (Wildman–Crippen MR) is 372 cm³/mol. The lowest BCUT2D eigenvalue weighted by Crippen LogP contribution is -2.16. The number of para-hydroxylation sites is 2. The number of hydrogen-bond donors (Lipinski definition) is 0. The third kappa shape index (κ3) is 8.05. The number of fused-ring (bicyclic) bond motifs is 8. The lowest BCUT2D eigenvalue weighted by Gasteiger charge is -2.33. The van der Waals surface area contributed by atoms with E-state index in [9.17, 15) is 0 Å². The number of anilines is 6. The SMILES string of the molecule is c1ccc(-c2ccc(-n3c4ccccc4c4ccc(N(c5cccc6c5CCCC6)c5ccc6ccc7c(N(c8ccc9c%10ccccc%10n(-c%10ccc(-c%11ccccc%11)cc%10)c9c8)c8cccc9c8CCCC9)ccc8ccc5c6c87)cc43)cc2)cc1. The highest BCUT2D eigenvalue weighted by Crippen LogP contribution is 2.51. The maximum atomic E-state index is 2.61. The first-order valence-electron chi connectivity index (χ1n) is 31.6. The Morgan fingerprint density at radius 3 is 1.08 bits per heavy atom. The Morgan fingerprint density at radius 1 is 0.250 bits per heavy atom. The van der Waals surface area contributed by atoms with E-state index in [1.165, 1.54) is 169 Å². The molecule has 2 aliphatic rings. The van der Waals surface area contributed by atoms with E-state index in [4.69, 9.17) is 0 Å². The molecule has 0 saturated carbocycles. The van der Waals surface area contributed by atoms with Crippen molar-refractivity contribution in [2.45, 2.75) is 51.4 Å². The Labute approximate surface area is 512 Å². The molecule has 2 heterocycles. The highest BCUT2D eigenvalue weighted by molar-refractivity contribution is 6.28. The van der Waals surface area contributed by atoms with E-state index in [1.807, 2.05) is 0 Å². The molecule has 0 unspecified atom stereocenters. The molecule has 88 heavy (non-hydrogen) atoms. The average Bonchev–Trinajstić information content (AvgIpc) is 1.14. The van der Waals surface area contributed by atoms with Crippen LogP contribution in [0.1, 0.15) is 47.9 Å². The molecule has 16 aromatic rings. The van der Waals surface area contributed by atoms with Gasteiger partial charge in [-0.25, -0.2) is 0 Å². The quantitative estimate of drug-likeness (QED) is 0.127. The molecule has 0 spiro atoms. The van der Waals surface area contributed by atoms with Gasteiger partial charge in [-0.05, 0) is 202 Å². The topological polar surface area (TPSA) is 16.3 Å². The van der Waals surface area contributed by atoms with Crippen LogP contribution in [0, 0.1) is 0 Å². The van der Waals surface area contributed by atoms with Crippen LogP contribution >= 0.6 is 0 Å². The molecule has 4 heteroatoms. The largest absolute Gasteiger partial charge is 0.310 e. The Balaban J connectivity index is 0.845. The van der Waals surface area contributed by atoms with Gasteiger partial charge in [0.1, 0.15) is 0 Å². The van der Waals surface area contributed by atoms with Gasteiger partial charge in [0, 0.05) is 66.4 Å². The highest BCUT2D eigenvalue weighted by atomic mass is 15.2. The maximum absolute atomic E-state index is 2.61. The van der Waals surface area contributed by atoms with Crippen LogP contribution in [0.25, 0.3) is 110 Å². The first kappa shape index (κ1) is 50.6. The zero-order chi connectivity index (χ0) is 57.8. The summed E-state index contributed by atoms with van der Waals surface area (Å²) in [6.45, 7) is 0. The molecule has 4 nitrogen and oxygen atoms in total. The molecule has 2 aliphatic carbocycles. The molecule has 0 radical (unpaired) electrons.